The van der Waals surface area contributed by atoms with Crippen molar-refractivity contribution in [2.24, 2.45) is 0 Å². The first kappa shape index (κ1) is 17.0. The highest BCUT2D eigenvalue weighted by atomic mass is 16.5. The molecule has 23 heavy (non-hydrogen) atoms. The van der Waals surface area contributed by atoms with Gasteiger partial charge in [-0.15, -0.1) is 0 Å². The summed E-state index contributed by atoms with van der Waals surface area (Å²) in [6.07, 6.45) is 7.91. The van der Waals surface area contributed by atoms with Crippen molar-refractivity contribution >= 4 is 0 Å². The van der Waals surface area contributed by atoms with Gasteiger partial charge in [0.15, 0.2) is 0 Å². The summed E-state index contributed by atoms with van der Waals surface area (Å²) < 4.78 is 6.07. The fourth-order valence-electron chi connectivity index (χ4n) is 4.94. The van der Waals surface area contributed by atoms with Gasteiger partial charge in [0, 0.05) is 18.4 Å². The van der Waals surface area contributed by atoms with E-state index in [1.165, 1.54) is 57.3 Å². The lowest BCUT2D eigenvalue weighted by molar-refractivity contribution is -0.905. The minimum Gasteiger partial charge on any atom is -0.376 e. The van der Waals surface area contributed by atoms with Crippen LogP contribution in [0.4, 0.5) is 0 Å². The molecule has 1 aromatic rings. The van der Waals surface area contributed by atoms with Gasteiger partial charge in [0.2, 0.25) is 0 Å². The van der Waals surface area contributed by atoms with E-state index in [2.05, 4.69) is 45.0 Å². The Bertz CT molecular complexity index is 518. The molecule has 0 aliphatic carbocycles. The average Bonchev–Trinajstić information content (AvgIpc) is 2.53. The molecule has 0 saturated carbocycles. The lowest BCUT2D eigenvalue weighted by Gasteiger charge is -2.46. The van der Waals surface area contributed by atoms with Crippen LogP contribution in [0.15, 0.2) is 24.3 Å². The lowest BCUT2D eigenvalue weighted by atomic mass is 9.66. The second-order valence-corrected chi connectivity index (χ2v) is 8.44. The van der Waals surface area contributed by atoms with Crippen molar-refractivity contribution in [3.63, 3.8) is 0 Å². The molecule has 0 bridgehead atoms. The Kier molecular flexibility index (Phi) is 5.13. The zero-order valence-corrected chi connectivity index (χ0v) is 15.3. The smallest absolute Gasteiger partial charge is 0.0779 e. The maximum atomic E-state index is 6.07. The van der Waals surface area contributed by atoms with Crippen molar-refractivity contribution in [1.29, 1.82) is 0 Å². The SMILES string of the molecule is Cc1ccccc1[C@@]1(CC[NH+]2CCCCC2)CCOC(C)(C)C1. The lowest BCUT2D eigenvalue weighted by Crippen LogP contribution is -3.13. The van der Waals surface area contributed by atoms with Crippen molar-refractivity contribution in [3.05, 3.63) is 35.4 Å². The van der Waals surface area contributed by atoms with E-state index in [0.717, 1.165) is 13.0 Å². The van der Waals surface area contributed by atoms with Crippen molar-refractivity contribution in [1.82, 2.24) is 0 Å². The Morgan fingerprint density at radius 1 is 1.09 bits per heavy atom. The van der Waals surface area contributed by atoms with E-state index < -0.39 is 0 Å². The summed E-state index contributed by atoms with van der Waals surface area (Å²) in [5.74, 6) is 0. The molecule has 2 heterocycles. The molecule has 1 aromatic carbocycles. The van der Waals surface area contributed by atoms with Gasteiger partial charge in [-0.25, -0.2) is 0 Å². The quantitative estimate of drug-likeness (QED) is 0.900. The summed E-state index contributed by atoms with van der Waals surface area (Å²) in [6.45, 7) is 11.8. The van der Waals surface area contributed by atoms with Gasteiger partial charge in [0.05, 0.1) is 25.2 Å². The van der Waals surface area contributed by atoms with E-state index in [4.69, 9.17) is 4.74 Å². The Labute approximate surface area is 142 Å². The molecule has 2 fully saturated rings. The summed E-state index contributed by atoms with van der Waals surface area (Å²) in [4.78, 5) is 1.83. The van der Waals surface area contributed by atoms with Crippen molar-refractivity contribution < 1.29 is 9.64 Å². The summed E-state index contributed by atoms with van der Waals surface area (Å²) in [5, 5.41) is 0. The van der Waals surface area contributed by atoms with E-state index in [1.54, 1.807) is 5.56 Å². The summed E-state index contributed by atoms with van der Waals surface area (Å²) in [5.41, 5.74) is 3.33. The third kappa shape index (κ3) is 3.97. The number of benzene rings is 1. The number of quaternary nitrogens is 1. The van der Waals surface area contributed by atoms with Crippen molar-refractivity contribution in [2.75, 3.05) is 26.2 Å². The molecule has 2 aliphatic rings. The van der Waals surface area contributed by atoms with Crippen LogP contribution >= 0.6 is 0 Å². The zero-order valence-electron chi connectivity index (χ0n) is 15.3. The fraction of sp³-hybridized carbons (Fsp3) is 0.714. The van der Waals surface area contributed by atoms with Crippen LogP contribution < -0.4 is 4.90 Å². The minimum absolute atomic E-state index is 0.00222. The Balaban J connectivity index is 1.82. The number of aryl methyl sites for hydroxylation is 1. The minimum atomic E-state index is -0.00222. The molecule has 0 amide bonds. The number of piperidine rings is 1. The molecule has 2 saturated heterocycles. The second kappa shape index (κ2) is 6.94. The van der Waals surface area contributed by atoms with Gasteiger partial charge in [-0.05, 0) is 64.0 Å². The Morgan fingerprint density at radius 2 is 1.83 bits per heavy atom. The number of rotatable bonds is 4. The topological polar surface area (TPSA) is 13.7 Å². The van der Waals surface area contributed by atoms with Crippen LogP contribution in [0.25, 0.3) is 0 Å². The monoisotopic (exact) mass is 316 g/mol. The molecule has 0 radical (unpaired) electrons. The highest BCUT2D eigenvalue weighted by Gasteiger charge is 2.43. The van der Waals surface area contributed by atoms with Gasteiger partial charge in [0.25, 0.3) is 0 Å². The van der Waals surface area contributed by atoms with Crippen LogP contribution in [0.3, 0.4) is 0 Å². The predicted molar refractivity (Wildman–Crippen MR) is 96.2 cm³/mol. The zero-order chi connectivity index (χ0) is 16.3. The molecular formula is C21H34NO+. The Hall–Kier alpha value is -0.860. The van der Waals surface area contributed by atoms with Gasteiger partial charge in [0.1, 0.15) is 0 Å². The molecule has 128 valence electrons. The van der Waals surface area contributed by atoms with Gasteiger partial charge in [-0.3, -0.25) is 0 Å². The van der Waals surface area contributed by atoms with Crippen LogP contribution in [-0.4, -0.2) is 31.8 Å². The van der Waals surface area contributed by atoms with Crippen LogP contribution in [0.2, 0.25) is 0 Å². The molecule has 1 atom stereocenters. The third-order valence-electron chi connectivity index (χ3n) is 6.07. The van der Waals surface area contributed by atoms with E-state index in [-0.39, 0.29) is 5.60 Å². The summed E-state index contributed by atoms with van der Waals surface area (Å²) in [6, 6.07) is 9.06. The molecule has 1 N–H and O–H groups in total. The molecule has 3 rings (SSSR count). The van der Waals surface area contributed by atoms with Crippen molar-refractivity contribution in [3.8, 4) is 0 Å². The number of ether oxygens (including phenoxy) is 1. The van der Waals surface area contributed by atoms with Crippen LogP contribution in [0, 0.1) is 6.92 Å². The predicted octanol–water partition coefficient (Wildman–Crippen LogP) is 3.28. The van der Waals surface area contributed by atoms with E-state index in [9.17, 15) is 0 Å². The van der Waals surface area contributed by atoms with Crippen molar-refractivity contribution in [2.45, 2.75) is 70.3 Å². The fourth-order valence-corrected chi connectivity index (χ4v) is 4.94. The summed E-state index contributed by atoms with van der Waals surface area (Å²) in [7, 11) is 0. The molecule has 0 spiro atoms. The number of hydrogen-bond acceptors (Lipinski definition) is 1. The van der Waals surface area contributed by atoms with Crippen LogP contribution in [0.1, 0.15) is 63.5 Å². The maximum Gasteiger partial charge on any atom is 0.0779 e. The molecular weight excluding hydrogens is 282 g/mol. The molecule has 0 aromatic heterocycles. The highest BCUT2D eigenvalue weighted by molar-refractivity contribution is 5.34. The number of likely N-dealkylation sites (tertiary alicyclic amines) is 1. The average molecular weight is 317 g/mol. The van der Waals surface area contributed by atoms with E-state index in [0.29, 0.717) is 5.41 Å². The van der Waals surface area contributed by atoms with Crippen LogP contribution in [0.5, 0.6) is 0 Å². The maximum absolute atomic E-state index is 6.07. The molecule has 2 aliphatic heterocycles. The van der Waals surface area contributed by atoms with E-state index in [1.807, 2.05) is 4.90 Å². The van der Waals surface area contributed by atoms with E-state index >= 15 is 0 Å². The van der Waals surface area contributed by atoms with Gasteiger partial charge in [-0.2, -0.15) is 0 Å². The van der Waals surface area contributed by atoms with Gasteiger partial charge >= 0.3 is 0 Å². The van der Waals surface area contributed by atoms with Crippen LogP contribution in [-0.2, 0) is 10.2 Å². The molecule has 0 unspecified atom stereocenters. The number of hydrogen-bond donors (Lipinski definition) is 1. The first-order valence-corrected chi connectivity index (χ1v) is 9.55. The largest absolute Gasteiger partial charge is 0.376 e. The molecule has 2 heteroatoms. The number of nitrogens with one attached hydrogen (secondary N) is 1. The van der Waals surface area contributed by atoms with Gasteiger partial charge < -0.3 is 9.64 Å². The standard InChI is InChI=1S/C21H33NO/c1-18-9-5-6-10-19(18)21(12-16-23-20(2,3)17-21)11-15-22-13-7-4-8-14-22/h5-6,9-10H,4,7-8,11-17H2,1-3H3/p+1/t21-/m0/s1. The summed E-state index contributed by atoms with van der Waals surface area (Å²) >= 11 is 0. The highest BCUT2D eigenvalue weighted by Crippen LogP contribution is 2.44. The third-order valence-corrected chi connectivity index (χ3v) is 6.07. The normalized spacial score (nSPS) is 28.7. The molecule has 2 nitrogen and oxygen atoms in total. The Morgan fingerprint density at radius 3 is 2.52 bits per heavy atom. The first-order valence-electron chi connectivity index (χ1n) is 9.55. The first-order chi connectivity index (χ1) is 11.0. The second-order valence-electron chi connectivity index (χ2n) is 8.44. The van der Waals surface area contributed by atoms with Gasteiger partial charge in [-0.1, -0.05) is 24.3 Å².